The van der Waals surface area contributed by atoms with Gasteiger partial charge in [0.05, 0.1) is 0 Å². The monoisotopic (exact) mass is 278 g/mol. The molecule has 3 unspecified atom stereocenters. The molecule has 0 radical (unpaired) electrons. The van der Waals surface area contributed by atoms with Crippen LogP contribution in [-0.2, 0) is 9.59 Å². The van der Waals surface area contributed by atoms with Gasteiger partial charge in [-0.3, -0.25) is 9.59 Å². The van der Waals surface area contributed by atoms with Gasteiger partial charge in [-0.15, -0.1) is 0 Å². The predicted octanol–water partition coefficient (Wildman–Crippen LogP) is 1.94. The van der Waals surface area contributed by atoms with Crippen molar-refractivity contribution in [3.63, 3.8) is 0 Å². The number of nitrogens with one attached hydrogen (secondary N) is 1. The van der Waals surface area contributed by atoms with Crippen LogP contribution in [0.15, 0.2) is 0 Å². The van der Waals surface area contributed by atoms with Crippen LogP contribution in [0.3, 0.4) is 0 Å². The van der Waals surface area contributed by atoms with Gasteiger partial charge in [0.15, 0.2) is 0 Å². The lowest BCUT2D eigenvalue weighted by atomic mass is 9.88. The molecule has 0 spiro atoms. The zero-order valence-electron chi connectivity index (χ0n) is 12.8. The van der Waals surface area contributed by atoms with E-state index < -0.39 is 5.54 Å². The summed E-state index contributed by atoms with van der Waals surface area (Å²) in [5, 5.41) is 3.02. The van der Waals surface area contributed by atoms with Gasteiger partial charge in [0.25, 0.3) is 0 Å². The second-order valence-corrected chi connectivity index (χ2v) is 7.16. The van der Waals surface area contributed by atoms with E-state index in [1.165, 1.54) is 12.8 Å². The van der Waals surface area contributed by atoms with Gasteiger partial charge in [0.1, 0.15) is 11.6 Å². The molecule has 2 saturated carbocycles. The normalized spacial score (nSPS) is 36.0. The number of piperazine rings is 1. The Morgan fingerprint density at radius 1 is 1.30 bits per heavy atom. The number of carbonyl (C=O) groups excluding carboxylic acids is 2. The lowest BCUT2D eigenvalue weighted by Crippen LogP contribution is -2.70. The SMILES string of the molecule is CCC1C(=O)NC(C)(C2CC2)C(=O)N1CC(C)C1CC1. The average molecular weight is 278 g/mol. The van der Waals surface area contributed by atoms with Crippen LogP contribution in [0, 0.1) is 17.8 Å². The summed E-state index contributed by atoms with van der Waals surface area (Å²) in [4.78, 5) is 27.2. The molecule has 112 valence electrons. The molecule has 2 aliphatic carbocycles. The van der Waals surface area contributed by atoms with Gasteiger partial charge in [0.2, 0.25) is 11.8 Å². The highest BCUT2D eigenvalue weighted by atomic mass is 16.2. The van der Waals surface area contributed by atoms with E-state index in [1.54, 1.807) is 0 Å². The molecule has 1 aliphatic heterocycles. The third-order valence-corrected chi connectivity index (χ3v) is 5.46. The Hall–Kier alpha value is -1.06. The van der Waals surface area contributed by atoms with Gasteiger partial charge in [-0.05, 0) is 56.8 Å². The molecule has 1 N–H and O–H groups in total. The number of rotatable bonds is 5. The van der Waals surface area contributed by atoms with Crippen molar-refractivity contribution in [1.82, 2.24) is 10.2 Å². The van der Waals surface area contributed by atoms with Crippen molar-refractivity contribution in [2.45, 2.75) is 64.5 Å². The van der Waals surface area contributed by atoms with Gasteiger partial charge in [-0.25, -0.2) is 0 Å². The Morgan fingerprint density at radius 3 is 2.45 bits per heavy atom. The summed E-state index contributed by atoms with van der Waals surface area (Å²) in [6, 6.07) is -0.268. The minimum Gasteiger partial charge on any atom is -0.340 e. The van der Waals surface area contributed by atoms with E-state index >= 15 is 0 Å². The Bertz CT molecular complexity index is 428. The number of hydrogen-bond acceptors (Lipinski definition) is 2. The van der Waals surface area contributed by atoms with E-state index in [1.807, 2.05) is 18.7 Å². The van der Waals surface area contributed by atoms with Crippen LogP contribution in [-0.4, -0.2) is 34.8 Å². The maximum atomic E-state index is 12.9. The first-order valence-electron chi connectivity index (χ1n) is 8.10. The van der Waals surface area contributed by atoms with Crippen LogP contribution in [0.25, 0.3) is 0 Å². The summed E-state index contributed by atoms with van der Waals surface area (Å²) in [6.07, 6.45) is 5.39. The van der Waals surface area contributed by atoms with Crippen molar-refractivity contribution >= 4 is 11.8 Å². The number of nitrogens with zero attached hydrogens (tertiary/aromatic N) is 1. The minimum atomic E-state index is -0.647. The molecule has 4 heteroatoms. The van der Waals surface area contributed by atoms with Gasteiger partial charge in [-0.1, -0.05) is 13.8 Å². The fraction of sp³-hybridized carbons (Fsp3) is 0.875. The van der Waals surface area contributed by atoms with Crippen molar-refractivity contribution in [2.24, 2.45) is 17.8 Å². The lowest BCUT2D eigenvalue weighted by Gasteiger charge is -2.45. The molecule has 3 aliphatic rings. The summed E-state index contributed by atoms with van der Waals surface area (Å²) in [6.45, 7) is 6.88. The molecule has 4 nitrogen and oxygen atoms in total. The second-order valence-electron chi connectivity index (χ2n) is 7.16. The molecule has 0 aromatic heterocycles. The lowest BCUT2D eigenvalue weighted by molar-refractivity contribution is -0.156. The highest BCUT2D eigenvalue weighted by molar-refractivity contribution is 6.00. The summed E-state index contributed by atoms with van der Waals surface area (Å²) in [5.74, 6) is 1.82. The average Bonchev–Trinajstić information content (AvgIpc) is 3.28. The van der Waals surface area contributed by atoms with Gasteiger partial charge >= 0.3 is 0 Å². The Morgan fingerprint density at radius 2 is 1.95 bits per heavy atom. The van der Waals surface area contributed by atoms with Crippen molar-refractivity contribution in [3.8, 4) is 0 Å². The highest BCUT2D eigenvalue weighted by Gasteiger charge is 2.55. The maximum absolute atomic E-state index is 12.9. The first-order chi connectivity index (χ1) is 9.47. The fourth-order valence-electron chi connectivity index (χ4n) is 3.65. The van der Waals surface area contributed by atoms with Crippen LogP contribution in [0.2, 0.25) is 0 Å². The molecule has 2 amide bonds. The number of amides is 2. The summed E-state index contributed by atoms with van der Waals surface area (Å²) >= 11 is 0. The summed E-state index contributed by atoms with van der Waals surface area (Å²) < 4.78 is 0. The van der Waals surface area contributed by atoms with Crippen LogP contribution in [0.4, 0.5) is 0 Å². The third-order valence-electron chi connectivity index (χ3n) is 5.46. The fourth-order valence-corrected chi connectivity index (χ4v) is 3.65. The molecule has 0 aromatic rings. The van der Waals surface area contributed by atoms with E-state index in [4.69, 9.17) is 0 Å². The van der Waals surface area contributed by atoms with Crippen molar-refractivity contribution in [2.75, 3.05) is 6.54 Å². The Labute approximate surface area is 121 Å². The smallest absolute Gasteiger partial charge is 0.249 e. The Kier molecular flexibility index (Phi) is 3.30. The molecule has 0 aromatic carbocycles. The third kappa shape index (κ3) is 2.23. The van der Waals surface area contributed by atoms with E-state index in [-0.39, 0.29) is 17.9 Å². The molecule has 20 heavy (non-hydrogen) atoms. The van der Waals surface area contributed by atoms with Crippen molar-refractivity contribution < 1.29 is 9.59 Å². The van der Waals surface area contributed by atoms with Crippen molar-refractivity contribution in [1.29, 1.82) is 0 Å². The maximum Gasteiger partial charge on any atom is 0.249 e. The highest BCUT2D eigenvalue weighted by Crippen LogP contribution is 2.43. The minimum absolute atomic E-state index is 0.0458. The van der Waals surface area contributed by atoms with E-state index in [2.05, 4.69) is 12.2 Å². The quantitative estimate of drug-likeness (QED) is 0.835. The predicted molar refractivity (Wildman–Crippen MR) is 77.0 cm³/mol. The van der Waals surface area contributed by atoms with Crippen LogP contribution in [0.5, 0.6) is 0 Å². The van der Waals surface area contributed by atoms with E-state index in [0.717, 1.165) is 25.3 Å². The molecule has 0 bridgehead atoms. The summed E-state index contributed by atoms with van der Waals surface area (Å²) in [5.41, 5.74) is -0.647. The van der Waals surface area contributed by atoms with Crippen molar-refractivity contribution in [3.05, 3.63) is 0 Å². The molecule has 3 rings (SSSR count). The van der Waals surface area contributed by atoms with Gasteiger partial charge in [-0.2, -0.15) is 0 Å². The first kappa shape index (κ1) is 13.9. The Balaban J connectivity index is 1.81. The molecule has 3 atom stereocenters. The zero-order valence-corrected chi connectivity index (χ0v) is 12.8. The molecule has 1 heterocycles. The van der Waals surface area contributed by atoms with E-state index in [0.29, 0.717) is 18.3 Å². The number of carbonyl (C=O) groups is 2. The summed E-state index contributed by atoms with van der Waals surface area (Å²) in [7, 11) is 0. The molecule has 1 saturated heterocycles. The van der Waals surface area contributed by atoms with E-state index in [9.17, 15) is 9.59 Å². The largest absolute Gasteiger partial charge is 0.340 e. The molecular weight excluding hydrogens is 252 g/mol. The molecular formula is C16H26N2O2. The second kappa shape index (κ2) is 4.74. The number of hydrogen-bond donors (Lipinski definition) is 1. The zero-order chi connectivity index (χ0) is 14.5. The van der Waals surface area contributed by atoms with Gasteiger partial charge < -0.3 is 10.2 Å². The van der Waals surface area contributed by atoms with Crippen LogP contribution >= 0.6 is 0 Å². The topological polar surface area (TPSA) is 49.4 Å². The first-order valence-corrected chi connectivity index (χ1v) is 8.10. The van der Waals surface area contributed by atoms with Gasteiger partial charge in [0, 0.05) is 6.54 Å². The molecule has 3 fully saturated rings. The van der Waals surface area contributed by atoms with Crippen LogP contribution in [0.1, 0.15) is 52.9 Å². The van der Waals surface area contributed by atoms with Crippen LogP contribution < -0.4 is 5.32 Å². The standard InChI is InChI=1S/C16H26N2O2/c1-4-13-14(19)17-16(3,12-7-8-12)15(20)18(13)9-10(2)11-5-6-11/h10-13H,4-9H2,1-3H3,(H,17,19).